The third kappa shape index (κ3) is 5.84. The molecule has 0 spiro atoms. The second kappa shape index (κ2) is 10.1. The van der Waals surface area contributed by atoms with Crippen LogP contribution in [0.15, 0.2) is 45.9 Å². The lowest BCUT2D eigenvalue weighted by Gasteiger charge is -2.27. The molecule has 0 saturated heterocycles. The van der Waals surface area contributed by atoms with Crippen molar-refractivity contribution in [2.45, 2.75) is 32.8 Å². The number of benzene rings is 1. The number of carbonyl (C=O) groups excluding carboxylic acids is 3. The molecule has 0 aliphatic heterocycles. The lowest BCUT2D eigenvalue weighted by molar-refractivity contribution is -0.155. The number of nitrogens with one attached hydrogen (secondary N) is 1. The normalized spacial score (nSPS) is 19.5. The van der Waals surface area contributed by atoms with Crippen LogP contribution in [0.4, 0.5) is 5.69 Å². The summed E-state index contributed by atoms with van der Waals surface area (Å²) in [6.45, 7) is 3.02. The lowest BCUT2D eigenvalue weighted by atomic mass is 9.82. The van der Waals surface area contributed by atoms with E-state index in [1.54, 1.807) is 31.2 Å². The lowest BCUT2D eigenvalue weighted by Crippen LogP contribution is -2.36. The second-order valence-corrected chi connectivity index (χ2v) is 7.82. The number of ketones is 1. The molecule has 28 heavy (non-hydrogen) atoms. The minimum Gasteiger partial charge on any atom is -0.457 e. The van der Waals surface area contributed by atoms with E-state index in [2.05, 4.69) is 5.32 Å². The zero-order valence-electron chi connectivity index (χ0n) is 15.4. The summed E-state index contributed by atoms with van der Waals surface area (Å²) >= 11 is 17.1. The molecule has 0 bridgehead atoms. The van der Waals surface area contributed by atoms with Gasteiger partial charge in [0.1, 0.15) is 10.6 Å². The number of halogens is 3. The highest BCUT2D eigenvalue weighted by Gasteiger charge is 2.36. The van der Waals surface area contributed by atoms with E-state index in [1.165, 1.54) is 6.92 Å². The molecule has 0 fully saturated rings. The molecule has 1 aliphatic rings. The average molecular weight is 445 g/mol. The molecule has 0 aromatic heterocycles. The van der Waals surface area contributed by atoms with Gasteiger partial charge < -0.3 is 10.1 Å². The van der Waals surface area contributed by atoms with Gasteiger partial charge in [-0.2, -0.15) is 0 Å². The van der Waals surface area contributed by atoms with Crippen molar-refractivity contribution in [1.29, 1.82) is 0 Å². The molecule has 8 heteroatoms. The molecule has 1 aromatic rings. The number of carbonyl (C=O) groups is 3. The molecular weight excluding hydrogens is 425 g/mol. The van der Waals surface area contributed by atoms with Crippen molar-refractivity contribution in [1.82, 2.24) is 0 Å². The summed E-state index contributed by atoms with van der Waals surface area (Å²) in [7, 11) is 0. The Balaban J connectivity index is 2.08. The van der Waals surface area contributed by atoms with E-state index in [0.29, 0.717) is 24.1 Å². The van der Waals surface area contributed by atoms with E-state index in [-0.39, 0.29) is 21.2 Å². The Labute approximate surface area is 178 Å². The molecule has 3 atom stereocenters. The maximum absolute atomic E-state index is 12.7. The number of Topliss-reactive ketones (excluding diaryl/α,β-unsaturated/α-hetero) is 1. The van der Waals surface area contributed by atoms with E-state index in [9.17, 15) is 14.4 Å². The van der Waals surface area contributed by atoms with Crippen molar-refractivity contribution in [3.05, 3.63) is 51.5 Å². The Morgan fingerprint density at radius 2 is 1.61 bits per heavy atom. The molecule has 0 radical (unpaired) electrons. The predicted octanol–water partition coefficient (Wildman–Crippen LogP) is 5.23. The third-order valence-electron chi connectivity index (χ3n) is 4.46. The van der Waals surface area contributed by atoms with Crippen molar-refractivity contribution < 1.29 is 19.1 Å². The first-order valence-corrected chi connectivity index (χ1v) is 9.82. The van der Waals surface area contributed by atoms with Crippen molar-refractivity contribution in [2.24, 2.45) is 11.8 Å². The first kappa shape index (κ1) is 22.5. The third-order valence-corrected chi connectivity index (χ3v) is 5.56. The summed E-state index contributed by atoms with van der Waals surface area (Å²) in [5.41, 5.74) is 1.10. The number of ether oxygens (including phenoxy) is 1. The maximum Gasteiger partial charge on any atom is 0.310 e. The Hall–Kier alpha value is -1.82. The molecule has 1 N–H and O–H groups in total. The minimum atomic E-state index is -0.812. The highest BCUT2D eigenvalue weighted by Crippen LogP contribution is 2.30. The van der Waals surface area contributed by atoms with E-state index < -0.39 is 23.9 Å². The highest BCUT2D eigenvalue weighted by molar-refractivity contribution is 6.59. The largest absolute Gasteiger partial charge is 0.457 e. The van der Waals surface area contributed by atoms with Gasteiger partial charge >= 0.3 is 5.97 Å². The average Bonchev–Trinajstić information content (AvgIpc) is 2.67. The Morgan fingerprint density at radius 1 is 1.04 bits per heavy atom. The van der Waals surface area contributed by atoms with E-state index in [1.807, 2.05) is 12.2 Å². The SMILES string of the molecule is CC(=O)c1ccc(NC(=O)C2CC=CCC2C(=O)OC(C)C(Cl)=C(Cl)Cl)cc1. The van der Waals surface area contributed by atoms with Crippen molar-refractivity contribution in [3.8, 4) is 0 Å². The molecule has 1 aliphatic carbocycles. The second-order valence-electron chi connectivity index (χ2n) is 6.47. The predicted molar refractivity (Wildman–Crippen MR) is 111 cm³/mol. The van der Waals surface area contributed by atoms with Crippen LogP contribution in [0.5, 0.6) is 0 Å². The molecule has 0 heterocycles. The summed E-state index contributed by atoms with van der Waals surface area (Å²) in [5, 5.41) is 2.81. The van der Waals surface area contributed by atoms with Gasteiger partial charge in [0.05, 0.1) is 16.9 Å². The number of hydrogen-bond acceptors (Lipinski definition) is 4. The number of anilines is 1. The molecule has 3 unspecified atom stereocenters. The van der Waals surface area contributed by atoms with Gasteiger partial charge in [0.25, 0.3) is 0 Å². The van der Waals surface area contributed by atoms with Gasteiger partial charge in [0.15, 0.2) is 5.78 Å². The van der Waals surface area contributed by atoms with Crippen LogP contribution in [0, 0.1) is 11.8 Å². The molecule has 5 nitrogen and oxygen atoms in total. The topological polar surface area (TPSA) is 72.5 Å². The van der Waals surface area contributed by atoms with Crippen molar-refractivity contribution in [3.63, 3.8) is 0 Å². The molecule has 150 valence electrons. The van der Waals surface area contributed by atoms with Crippen molar-refractivity contribution >= 4 is 58.1 Å². The summed E-state index contributed by atoms with van der Waals surface area (Å²) in [5.74, 6) is -2.14. The summed E-state index contributed by atoms with van der Waals surface area (Å²) < 4.78 is 5.16. The smallest absolute Gasteiger partial charge is 0.310 e. The van der Waals surface area contributed by atoms with Crippen LogP contribution >= 0.6 is 34.8 Å². The van der Waals surface area contributed by atoms with Crippen LogP contribution in [0.2, 0.25) is 0 Å². The molecule has 1 amide bonds. The summed E-state index contributed by atoms with van der Waals surface area (Å²) in [4.78, 5) is 36.7. The summed E-state index contributed by atoms with van der Waals surface area (Å²) in [6.07, 6.45) is 3.67. The summed E-state index contributed by atoms with van der Waals surface area (Å²) in [6, 6.07) is 6.57. The minimum absolute atomic E-state index is 0.0228. The monoisotopic (exact) mass is 443 g/mol. The molecule has 1 aromatic carbocycles. The fraction of sp³-hybridized carbons (Fsp3) is 0.350. The first-order chi connectivity index (χ1) is 13.2. The maximum atomic E-state index is 12.7. The van der Waals surface area contributed by atoms with Gasteiger partial charge in [-0.05, 0) is 51.0 Å². The molecular formula is C20H20Cl3NO4. The number of rotatable bonds is 6. The van der Waals surface area contributed by atoms with E-state index >= 15 is 0 Å². The quantitative estimate of drug-likeness (QED) is 0.370. The zero-order chi connectivity index (χ0) is 20.8. The highest BCUT2D eigenvalue weighted by atomic mass is 35.5. The van der Waals surface area contributed by atoms with Crippen molar-refractivity contribution in [2.75, 3.05) is 5.32 Å². The molecule has 0 saturated carbocycles. The zero-order valence-corrected chi connectivity index (χ0v) is 17.6. The van der Waals surface area contributed by atoms with Gasteiger partial charge in [-0.25, -0.2) is 0 Å². The van der Waals surface area contributed by atoms with Crippen LogP contribution in [0.3, 0.4) is 0 Å². The Bertz CT molecular complexity index is 813. The number of esters is 1. The Kier molecular flexibility index (Phi) is 8.10. The Morgan fingerprint density at radius 3 is 2.14 bits per heavy atom. The molecule has 2 rings (SSSR count). The van der Waals surface area contributed by atoms with Gasteiger partial charge in [0.2, 0.25) is 5.91 Å². The van der Waals surface area contributed by atoms with E-state index in [0.717, 1.165) is 0 Å². The van der Waals surface area contributed by atoms with Gasteiger partial charge in [-0.15, -0.1) is 0 Å². The number of allylic oxidation sites excluding steroid dienone is 2. The first-order valence-electron chi connectivity index (χ1n) is 8.68. The van der Waals surface area contributed by atoms with Gasteiger partial charge in [0, 0.05) is 11.3 Å². The standard InChI is InChI=1S/C20H20Cl3NO4/c1-11(25)13-7-9-14(10-8-13)24-19(26)15-5-3-4-6-16(15)20(27)28-12(2)17(21)18(22)23/h3-4,7-10,12,15-16H,5-6H2,1-2H3,(H,24,26). The van der Waals surface area contributed by atoms with Crippen LogP contribution in [-0.4, -0.2) is 23.8 Å². The number of hydrogen-bond donors (Lipinski definition) is 1. The van der Waals surface area contributed by atoms with Crippen LogP contribution in [-0.2, 0) is 14.3 Å². The van der Waals surface area contributed by atoms with Crippen LogP contribution in [0.25, 0.3) is 0 Å². The fourth-order valence-electron chi connectivity index (χ4n) is 2.85. The van der Waals surface area contributed by atoms with Gasteiger partial charge in [-0.3, -0.25) is 14.4 Å². The van der Waals surface area contributed by atoms with Crippen LogP contribution < -0.4 is 5.32 Å². The van der Waals surface area contributed by atoms with E-state index in [4.69, 9.17) is 39.5 Å². The van der Waals surface area contributed by atoms with Crippen LogP contribution in [0.1, 0.15) is 37.0 Å². The number of amides is 1. The van der Waals surface area contributed by atoms with Gasteiger partial charge in [-0.1, -0.05) is 47.0 Å². The fourth-order valence-corrected chi connectivity index (χ4v) is 3.21.